The summed E-state index contributed by atoms with van der Waals surface area (Å²) in [5, 5.41) is -0.00712. The van der Waals surface area contributed by atoms with E-state index in [0.29, 0.717) is 0 Å². The highest BCUT2D eigenvalue weighted by Gasteiger charge is 2.30. The van der Waals surface area contributed by atoms with Crippen molar-refractivity contribution in [1.29, 1.82) is 0 Å². The van der Waals surface area contributed by atoms with E-state index < -0.39 is 0 Å². The van der Waals surface area contributed by atoms with Crippen molar-refractivity contribution in [3.05, 3.63) is 59.2 Å². The summed E-state index contributed by atoms with van der Waals surface area (Å²) >= 11 is 1.69. The Morgan fingerprint density at radius 3 is 2.67 bits per heavy atom. The molecule has 1 unspecified atom stereocenters. The van der Waals surface area contributed by atoms with Crippen molar-refractivity contribution in [2.45, 2.75) is 30.4 Å². The number of carbonyl (C=O) groups is 1. The maximum absolute atomic E-state index is 12.8. The van der Waals surface area contributed by atoms with Gasteiger partial charge in [0.1, 0.15) is 0 Å². The summed E-state index contributed by atoms with van der Waals surface area (Å²) in [4.78, 5) is 15.8. The first-order valence-electron chi connectivity index (χ1n) is 7.16. The Bertz CT molecular complexity index is 670. The van der Waals surface area contributed by atoms with Gasteiger partial charge in [-0.25, -0.2) is 0 Å². The summed E-state index contributed by atoms with van der Waals surface area (Å²) < 4.78 is 0. The molecule has 0 N–H and O–H groups in total. The number of hydrogen-bond acceptors (Lipinski definition) is 2. The van der Waals surface area contributed by atoms with Gasteiger partial charge in [0.15, 0.2) is 0 Å². The van der Waals surface area contributed by atoms with E-state index in [9.17, 15) is 4.79 Å². The Morgan fingerprint density at radius 1 is 1.14 bits per heavy atom. The number of rotatable bonds is 2. The molecule has 3 heteroatoms. The lowest BCUT2D eigenvalue weighted by atomic mass is 10.1. The molecule has 0 aliphatic carbocycles. The molecule has 0 saturated carbocycles. The third-order valence-corrected chi connectivity index (χ3v) is 5.50. The first kappa shape index (κ1) is 14.2. The van der Waals surface area contributed by atoms with Crippen LogP contribution in [0.5, 0.6) is 0 Å². The number of amides is 1. The molecule has 0 saturated heterocycles. The van der Waals surface area contributed by atoms with Gasteiger partial charge in [0.2, 0.25) is 5.91 Å². The van der Waals surface area contributed by atoms with E-state index in [-0.39, 0.29) is 11.2 Å². The Morgan fingerprint density at radius 2 is 1.90 bits per heavy atom. The fourth-order valence-electron chi connectivity index (χ4n) is 2.75. The fraction of sp³-hybridized carbons (Fsp3) is 0.278. The molecule has 0 fully saturated rings. The van der Waals surface area contributed by atoms with Crippen LogP contribution in [0.2, 0.25) is 0 Å². The molecule has 1 aliphatic heterocycles. The van der Waals surface area contributed by atoms with Crippen molar-refractivity contribution in [3.8, 4) is 0 Å². The first-order chi connectivity index (χ1) is 10.1. The molecule has 2 aromatic carbocycles. The molecule has 0 bridgehead atoms. The lowest BCUT2D eigenvalue weighted by Crippen LogP contribution is -2.35. The van der Waals surface area contributed by atoms with Gasteiger partial charge in [0, 0.05) is 17.6 Å². The quantitative estimate of drug-likeness (QED) is 0.835. The Labute approximate surface area is 130 Å². The number of benzene rings is 2. The number of fused-ring (bicyclic) bond motifs is 1. The van der Waals surface area contributed by atoms with Crippen molar-refractivity contribution in [3.63, 3.8) is 0 Å². The minimum absolute atomic E-state index is 0.00712. The van der Waals surface area contributed by atoms with E-state index in [1.54, 1.807) is 11.8 Å². The molecule has 1 atom stereocenters. The maximum atomic E-state index is 12.8. The van der Waals surface area contributed by atoms with Gasteiger partial charge in [-0.1, -0.05) is 30.3 Å². The molecular weight excluding hydrogens is 278 g/mol. The van der Waals surface area contributed by atoms with Crippen molar-refractivity contribution in [2.24, 2.45) is 0 Å². The van der Waals surface area contributed by atoms with Crippen molar-refractivity contribution >= 4 is 23.4 Å². The molecule has 1 aliphatic rings. The van der Waals surface area contributed by atoms with Crippen molar-refractivity contribution < 1.29 is 4.79 Å². The van der Waals surface area contributed by atoms with E-state index in [1.165, 1.54) is 21.6 Å². The predicted octanol–water partition coefficient (Wildman–Crippen LogP) is 3.98. The van der Waals surface area contributed by atoms with Crippen LogP contribution in [0.4, 0.5) is 5.69 Å². The van der Waals surface area contributed by atoms with Gasteiger partial charge in [0.05, 0.1) is 5.25 Å². The lowest BCUT2D eigenvalue weighted by Gasteiger charge is -2.23. The highest BCUT2D eigenvalue weighted by Crippen LogP contribution is 2.38. The minimum atomic E-state index is -0.00712. The van der Waals surface area contributed by atoms with E-state index in [4.69, 9.17) is 0 Å². The molecule has 1 heterocycles. The van der Waals surface area contributed by atoms with Gasteiger partial charge in [-0.3, -0.25) is 4.79 Å². The zero-order valence-electron chi connectivity index (χ0n) is 12.6. The molecule has 2 aromatic rings. The normalized spacial score (nSPS) is 16.6. The zero-order chi connectivity index (χ0) is 15.0. The SMILES string of the molecule is Cc1cccc(N(C)C(=O)C2Cc3ccccc3S2)c1C. The van der Waals surface area contributed by atoms with E-state index >= 15 is 0 Å². The van der Waals surface area contributed by atoms with Gasteiger partial charge < -0.3 is 4.90 Å². The molecule has 108 valence electrons. The van der Waals surface area contributed by atoms with Crippen molar-refractivity contribution in [2.75, 3.05) is 11.9 Å². The van der Waals surface area contributed by atoms with Crippen LogP contribution in [-0.2, 0) is 11.2 Å². The van der Waals surface area contributed by atoms with Crippen LogP contribution >= 0.6 is 11.8 Å². The number of carbonyl (C=O) groups excluding carboxylic acids is 1. The van der Waals surface area contributed by atoms with Crippen LogP contribution < -0.4 is 4.90 Å². The Kier molecular flexibility index (Phi) is 3.77. The van der Waals surface area contributed by atoms with Crippen LogP contribution in [0.3, 0.4) is 0 Å². The summed E-state index contributed by atoms with van der Waals surface area (Å²) in [6.45, 7) is 4.16. The zero-order valence-corrected chi connectivity index (χ0v) is 13.4. The van der Waals surface area contributed by atoms with Gasteiger partial charge in [0.25, 0.3) is 0 Å². The third-order valence-electron chi connectivity index (χ3n) is 4.19. The number of anilines is 1. The van der Waals surface area contributed by atoms with Crippen LogP contribution in [0, 0.1) is 13.8 Å². The topological polar surface area (TPSA) is 20.3 Å². The second kappa shape index (κ2) is 5.57. The summed E-state index contributed by atoms with van der Waals surface area (Å²) in [5.41, 5.74) is 4.69. The molecular formula is C18H19NOS. The smallest absolute Gasteiger partial charge is 0.240 e. The molecule has 1 amide bonds. The third kappa shape index (κ3) is 2.58. The number of thioether (sulfide) groups is 1. The summed E-state index contributed by atoms with van der Waals surface area (Å²) in [5.74, 6) is 0.185. The Hall–Kier alpha value is -1.74. The largest absolute Gasteiger partial charge is 0.314 e. The van der Waals surface area contributed by atoms with E-state index in [2.05, 4.69) is 32.0 Å². The summed E-state index contributed by atoms with van der Waals surface area (Å²) in [7, 11) is 1.88. The number of nitrogens with zero attached hydrogens (tertiary/aromatic N) is 1. The first-order valence-corrected chi connectivity index (χ1v) is 8.04. The maximum Gasteiger partial charge on any atom is 0.240 e. The van der Waals surface area contributed by atoms with Gasteiger partial charge in [-0.05, 0) is 49.1 Å². The van der Waals surface area contributed by atoms with Gasteiger partial charge in [-0.2, -0.15) is 0 Å². The standard InChI is InChI=1S/C18H19NOS/c1-12-7-6-9-15(13(12)2)19(3)18(20)17-11-14-8-4-5-10-16(14)21-17/h4-10,17H,11H2,1-3H3. The van der Waals surface area contributed by atoms with Crippen LogP contribution in [0.25, 0.3) is 0 Å². The second-order valence-electron chi connectivity index (χ2n) is 5.53. The summed E-state index contributed by atoms with van der Waals surface area (Å²) in [6, 6.07) is 14.4. The molecule has 0 spiro atoms. The second-order valence-corrected chi connectivity index (χ2v) is 6.78. The molecule has 3 rings (SSSR count). The lowest BCUT2D eigenvalue weighted by molar-refractivity contribution is -0.117. The van der Waals surface area contributed by atoms with Crippen LogP contribution in [0.15, 0.2) is 47.4 Å². The van der Waals surface area contributed by atoms with Crippen molar-refractivity contribution in [1.82, 2.24) is 0 Å². The highest BCUT2D eigenvalue weighted by atomic mass is 32.2. The fourth-order valence-corrected chi connectivity index (χ4v) is 4.04. The van der Waals surface area contributed by atoms with Gasteiger partial charge >= 0.3 is 0 Å². The predicted molar refractivity (Wildman–Crippen MR) is 89.1 cm³/mol. The number of hydrogen-bond donors (Lipinski definition) is 0. The monoisotopic (exact) mass is 297 g/mol. The highest BCUT2D eigenvalue weighted by molar-refractivity contribution is 8.01. The molecule has 21 heavy (non-hydrogen) atoms. The average molecular weight is 297 g/mol. The summed E-state index contributed by atoms with van der Waals surface area (Å²) in [6.07, 6.45) is 0.828. The average Bonchev–Trinajstić information content (AvgIpc) is 2.92. The van der Waals surface area contributed by atoms with Crippen LogP contribution in [0.1, 0.15) is 16.7 Å². The van der Waals surface area contributed by atoms with E-state index in [0.717, 1.165) is 12.1 Å². The van der Waals surface area contributed by atoms with Crippen LogP contribution in [-0.4, -0.2) is 18.2 Å². The minimum Gasteiger partial charge on any atom is -0.314 e. The number of aryl methyl sites for hydroxylation is 1. The van der Waals surface area contributed by atoms with E-state index in [1.807, 2.05) is 36.2 Å². The molecule has 2 nitrogen and oxygen atoms in total. The molecule has 0 radical (unpaired) electrons. The Balaban J connectivity index is 1.82. The molecule has 0 aromatic heterocycles. The van der Waals surface area contributed by atoms with Gasteiger partial charge in [-0.15, -0.1) is 11.8 Å².